The van der Waals surface area contributed by atoms with Crippen LogP contribution in [0.25, 0.3) is 0 Å². The molecule has 1 aromatic carbocycles. The Kier molecular flexibility index (Phi) is 7.63. The van der Waals surface area contributed by atoms with E-state index in [1.54, 1.807) is 0 Å². The molecule has 1 aromatic heterocycles. The molecular formula is C19H20F6N4O. The van der Waals surface area contributed by atoms with Crippen LogP contribution in [0.15, 0.2) is 24.3 Å². The molecule has 0 unspecified atom stereocenters. The monoisotopic (exact) mass is 434 g/mol. The Hall–Kier alpha value is -2.85. The lowest BCUT2D eigenvalue weighted by molar-refractivity contribution is -0.148. The molecule has 2 heterocycles. The summed E-state index contributed by atoms with van der Waals surface area (Å²) in [5, 5.41) is 6.58. The van der Waals surface area contributed by atoms with Crippen LogP contribution < -0.4 is 0 Å². The van der Waals surface area contributed by atoms with Gasteiger partial charge in [-0.2, -0.15) is 13.2 Å². The van der Waals surface area contributed by atoms with Gasteiger partial charge in [0.2, 0.25) is 11.7 Å². The number of benzene rings is 1. The minimum absolute atomic E-state index is 0.00183. The van der Waals surface area contributed by atoms with Crippen LogP contribution in [-0.4, -0.2) is 32.1 Å². The highest BCUT2D eigenvalue weighted by Gasteiger charge is 2.39. The molecule has 1 aliphatic rings. The Labute approximate surface area is 169 Å². The molecule has 3 rings (SSSR count). The second-order valence-electron chi connectivity index (χ2n) is 6.52. The number of nitrogens with zero attached hydrogens (tertiary/aromatic N) is 4. The largest absolute Gasteiger partial charge is 0.451 e. The van der Waals surface area contributed by atoms with Gasteiger partial charge in [0.1, 0.15) is 5.82 Å². The second kappa shape index (κ2) is 9.77. The lowest BCUT2D eigenvalue weighted by Crippen LogP contribution is -2.38. The van der Waals surface area contributed by atoms with E-state index in [1.807, 2.05) is 0 Å². The van der Waals surface area contributed by atoms with Gasteiger partial charge in [0.05, 0.1) is 6.54 Å². The summed E-state index contributed by atoms with van der Waals surface area (Å²) in [4.78, 5) is 13.4. The minimum atomic E-state index is -4.63. The van der Waals surface area contributed by atoms with E-state index in [4.69, 9.17) is 0 Å². The van der Waals surface area contributed by atoms with Gasteiger partial charge in [0.25, 0.3) is 0 Å². The second-order valence-corrected chi connectivity index (χ2v) is 6.52. The minimum Gasteiger partial charge on any atom is -0.330 e. The van der Waals surface area contributed by atoms with Crippen LogP contribution in [0.2, 0.25) is 0 Å². The van der Waals surface area contributed by atoms with Gasteiger partial charge in [-0.05, 0) is 24.1 Å². The van der Waals surface area contributed by atoms with E-state index in [2.05, 4.69) is 24.0 Å². The maximum absolute atomic E-state index is 13.5. The van der Waals surface area contributed by atoms with Crippen molar-refractivity contribution in [3.05, 3.63) is 58.9 Å². The summed E-state index contributed by atoms with van der Waals surface area (Å²) < 4.78 is 78.8. The molecule has 11 heteroatoms. The van der Waals surface area contributed by atoms with E-state index in [-0.39, 0.29) is 37.4 Å². The average Bonchev–Trinajstić information content (AvgIpc) is 3.10. The number of halogens is 6. The molecule has 164 valence electrons. The standard InChI is InChI=1S/C16H12F6N4O.C3H8/c17-10-7-12(19)11(18)6-9(10)2-1-3-14(27)25-4-5-26-13(8-25)23-24-15(26)16(20,21)22;1-3-2/h1,3,6-7H,2,4-5,8H2;3H2,1-2H3/b3-1+;. The number of carbonyl (C=O) groups is 1. The van der Waals surface area contributed by atoms with E-state index >= 15 is 0 Å². The molecule has 0 N–H and O–H groups in total. The number of hydrogen-bond donors (Lipinski definition) is 0. The zero-order chi connectivity index (χ0) is 22.5. The maximum atomic E-state index is 13.5. The van der Waals surface area contributed by atoms with Gasteiger partial charge in [0.15, 0.2) is 17.5 Å². The van der Waals surface area contributed by atoms with Crippen LogP contribution in [0.1, 0.15) is 37.5 Å². The Morgan fingerprint density at radius 3 is 2.33 bits per heavy atom. The van der Waals surface area contributed by atoms with Crippen molar-refractivity contribution in [2.24, 2.45) is 0 Å². The third-order valence-corrected chi connectivity index (χ3v) is 4.01. The van der Waals surface area contributed by atoms with Gasteiger partial charge in [0, 0.05) is 19.2 Å². The number of hydrogen-bond acceptors (Lipinski definition) is 3. The third kappa shape index (κ3) is 5.61. The fraction of sp³-hybridized carbons (Fsp3) is 0.421. The Bertz CT molecular complexity index is 922. The summed E-state index contributed by atoms with van der Waals surface area (Å²) in [6, 6.07) is 1.11. The Morgan fingerprint density at radius 2 is 1.70 bits per heavy atom. The Morgan fingerprint density at radius 1 is 1.07 bits per heavy atom. The van der Waals surface area contributed by atoms with E-state index in [0.717, 1.165) is 10.6 Å². The van der Waals surface area contributed by atoms with Crippen LogP contribution in [0, 0.1) is 17.5 Å². The highest BCUT2D eigenvalue weighted by Crippen LogP contribution is 2.29. The number of carbonyl (C=O) groups excluding carboxylic acids is 1. The SMILES string of the molecule is CCC.O=C(/C=C/Cc1cc(F)c(F)cc1F)N1CCn2c(nnc2C(F)(F)F)C1. The molecule has 0 saturated heterocycles. The molecule has 0 spiro atoms. The molecule has 0 fully saturated rings. The zero-order valence-electron chi connectivity index (χ0n) is 16.3. The number of rotatable bonds is 3. The molecule has 1 amide bonds. The quantitative estimate of drug-likeness (QED) is 0.412. The smallest absolute Gasteiger partial charge is 0.330 e. The van der Waals surface area contributed by atoms with Gasteiger partial charge < -0.3 is 9.47 Å². The fourth-order valence-electron chi connectivity index (χ4n) is 2.67. The maximum Gasteiger partial charge on any atom is 0.451 e. The molecule has 0 atom stereocenters. The predicted molar refractivity (Wildman–Crippen MR) is 95.6 cm³/mol. The summed E-state index contributed by atoms with van der Waals surface area (Å²) >= 11 is 0. The zero-order valence-corrected chi connectivity index (χ0v) is 16.3. The van der Waals surface area contributed by atoms with Crippen LogP contribution in [0.3, 0.4) is 0 Å². The average molecular weight is 434 g/mol. The van der Waals surface area contributed by atoms with E-state index in [0.29, 0.717) is 12.1 Å². The van der Waals surface area contributed by atoms with Crippen LogP contribution >= 0.6 is 0 Å². The highest BCUT2D eigenvalue weighted by molar-refractivity contribution is 5.87. The van der Waals surface area contributed by atoms with Crippen molar-refractivity contribution >= 4 is 5.91 Å². The van der Waals surface area contributed by atoms with E-state index in [9.17, 15) is 31.1 Å². The highest BCUT2D eigenvalue weighted by atomic mass is 19.4. The summed E-state index contributed by atoms with van der Waals surface area (Å²) in [6.07, 6.45) is -1.18. The molecule has 30 heavy (non-hydrogen) atoms. The van der Waals surface area contributed by atoms with Crippen LogP contribution in [0.4, 0.5) is 26.3 Å². The topological polar surface area (TPSA) is 51.0 Å². The van der Waals surface area contributed by atoms with Crippen molar-refractivity contribution in [2.45, 2.75) is 46.0 Å². The van der Waals surface area contributed by atoms with Gasteiger partial charge in [-0.15, -0.1) is 10.2 Å². The Balaban J connectivity index is 0.00000101. The number of fused-ring (bicyclic) bond motifs is 1. The van der Waals surface area contributed by atoms with E-state index < -0.39 is 35.4 Å². The molecule has 5 nitrogen and oxygen atoms in total. The lowest BCUT2D eigenvalue weighted by atomic mass is 10.1. The number of allylic oxidation sites excluding steroid dienone is 1. The molecule has 1 aliphatic heterocycles. The van der Waals surface area contributed by atoms with Gasteiger partial charge in [-0.25, -0.2) is 13.2 Å². The molecule has 2 aromatic rings. The molecular weight excluding hydrogens is 414 g/mol. The first kappa shape index (κ1) is 23.4. The molecule has 0 saturated carbocycles. The van der Waals surface area contributed by atoms with Crippen molar-refractivity contribution in [1.82, 2.24) is 19.7 Å². The van der Waals surface area contributed by atoms with Gasteiger partial charge in [-0.1, -0.05) is 26.3 Å². The van der Waals surface area contributed by atoms with Gasteiger partial charge >= 0.3 is 6.18 Å². The van der Waals surface area contributed by atoms with Crippen LogP contribution in [0.5, 0.6) is 0 Å². The lowest BCUT2D eigenvalue weighted by Gasteiger charge is -2.27. The number of aromatic nitrogens is 3. The van der Waals surface area contributed by atoms with Gasteiger partial charge in [-0.3, -0.25) is 4.79 Å². The molecule has 0 radical (unpaired) electrons. The van der Waals surface area contributed by atoms with Crippen molar-refractivity contribution in [2.75, 3.05) is 6.54 Å². The summed E-state index contributed by atoms with van der Waals surface area (Å²) in [7, 11) is 0. The predicted octanol–water partition coefficient (Wildman–Crippen LogP) is 4.27. The van der Waals surface area contributed by atoms with Crippen molar-refractivity contribution < 1.29 is 31.1 Å². The third-order valence-electron chi connectivity index (χ3n) is 4.01. The van der Waals surface area contributed by atoms with E-state index in [1.165, 1.54) is 17.4 Å². The number of alkyl halides is 3. The number of amides is 1. The van der Waals surface area contributed by atoms with Crippen molar-refractivity contribution in [1.29, 1.82) is 0 Å². The van der Waals surface area contributed by atoms with Crippen LogP contribution in [-0.2, 0) is 30.5 Å². The summed E-state index contributed by atoms with van der Waals surface area (Å²) in [5.41, 5.74) is -0.133. The normalized spacial score (nSPS) is 13.8. The van der Waals surface area contributed by atoms with Crippen molar-refractivity contribution in [3.63, 3.8) is 0 Å². The fourth-order valence-corrected chi connectivity index (χ4v) is 2.67. The van der Waals surface area contributed by atoms with Crippen molar-refractivity contribution in [3.8, 4) is 0 Å². The summed E-state index contributed by atoms with van der Waals surface area (Å²) in [6.45, 7) is 3.98. The first-order valence-corrected chi connectivity index (χ1v) is 9.16. The molecule has 0 aliphatic carbocycles. The summed E-state index contributed by atoms with van der Waals surface area (Å²) in [5.74, 6) is -5.11. The first-order valence-electron chi connectivity index (χ1n) is 9.16. The first-order chi connectivity index (χ1) is 14.1. The molecule has 0 bridgehead atoms.